The number of ether oxygens (including phenoxy) is 2. The molecule has 0 aromatic carbocycles. The van der Waals surface area contributed by atoms with Crippen LogP contribution in [0.3, 0.4) is 0 Å². The zero-order chi connectivity index (χ0) is 17.6. The Kier molecular flexibility index (Phi) is 11.6. The topological polar surface area (TPSA) is 52.6 Å². The van der Waals surface area contributed by atoms with E-state index < -0.39 is 0 Å². The highest BCUT2D eigenvalue weighted by molar-refractivity contribution is 5.73. The van der Waals surface area contributed by atoms with Gasteiger partial charge in [-0.05, 0) is 51.9 Å². The van der Waals surface area contributed by atoms with Gasteiger partial charge in [-0.1, -0.05) is 39.0 Å². The normalized spacial score (nSPS) is 16.6. The van der Waals surface area contributed by atoms with Crippen LogP contribution in [0.5, 0.6) is 0 Å². The van der Waals surface area contributed by atoms with Crippen LogP contribution < -0.4 is 0 Å². The van der Waals surface area contributed by atoms with E-state index in [-0.39, 0.29) is 24.0 Å². The fraction of sp³-hybridized carbons (Fsp3) is 0.900. The summed E-state index contributed by atoms with van der Waals surface area (Å²) in [6.45, 7) is 4.42. The van der Waals surface area contributed by atoms with E-state index in [9.17, 15) is 9.59 Å². The van der Waals surface area contributed by atoms with Crippen molar-refractivity contribution in [2.75, 3.05) is 6.61 Å². The maximum absolute atomic E-state index is 12.5. The fourth-order valence-corrected chi connectivity index (χ4v) is 3.37. The third kappa shape index (κ3) is 9.29. The Hall–Kier alpha value is -1.06. The van der Waals surface area contributed by atoms with E-state index in [0.29, 0.717) is 19.4 Å². The van der Waals surface area contributed by atoms with Gasteiger partial charge in [0.1, 0.15) is 6.10 Å². The summed E-state index contributed by atoms with van der Waals surface area (Å²) in [6, 6.07) is 0. The zero-order valence-corrected chi connectivity index (χ0v) is 15.7. The van der Waals surface area contributed by atoms with Crippen LogP contribution in [-0.4, -0.2) is 24.6 Å². The quantitative estimate of drug-likeness (QED) is 0.363. The molecule has 0 heterocycles. The van der Waals surface area contributed by atoms with Gasteiger partial charge < -0.3 is 9.47 Å². The zero-order valence-electron chi connectivity index (χ0n) is 15.7. The number of carbonyl (C=O) groups excluding carboxylic acids is 2. The molecule has 1 aliphatic rings. The second-order valence-corrected chi connectivity index (χ2v) is 6.94. The third-order valence-corrected chi connectivity index (χ3v) is 4.81. The van der Waals surface area contributed by atoms with Crippen molar-refractivity contribution in [3.8, 4) is 0 Å². The van der Waals surface area contributed by atoms with Crippen LogP contribution >= 0.6 is 0 Å². The molecule has 1 fully saturated rings. The van der Waals surface area contributed by atoms with Gasteiger partial charge in [-0.3, -0.25) is 9.59 Å². The van der Waals surface area contributed by atoms with Crippen LogP contribution in [0.15, 0.2) is 0 Å². The Morgan fingerprint density at radius 3 is 2.33 bits per heavy atom. The molecule has 1 unspecified atom stereocenters. The van der Waals surface area contributed by atoms with E-state index >= 15 is 0 Å². The highest BCUT2D eigenvalue weighted by Gasteiger charge is 2.24. The molecule has 4 heteroatoms. The lowest BCUT2D eigenvalue weighted by Crippen LogP contribution is -2.26. The summed E-state index contributed by atoms with van der Waals surface area (Å²) in [7, 11) is 0. The Labute approximate surface area is 147 Å². The van der Waals surface area contributed by atoms with Crippen molar-refractivity contribution in [3.63, 3.8) is 0 Å². The molecule has 1 aliphatic carbocycles. The number of esters is 2. The molecule has 4 nitrogen and oxygen atoms in total. The summed E-state index contributed by atoms with van der Waals surface area (Å²) in [4.78, 5) is 24.0. The summed E-state index contributed by atoms with van der Waals surface area (Å²) >= 11 is 0. The molecule has 24 heavy (non-hydrogen) atoms. The first-order chi connectivity index (χ1) is 11.7. The minimum atomic E-state index is -0.164. The van der Waals surface area contributed by atoms with E-state index in [4.69, 9.17) is 9.47 Å². The largest absolute Gasteiger partial charge is 0.466 e. The van der Waals surface area contributed by atoms with Crippen LogP contribution in [0.4, 0.5) is 0 Å². The van der Waals surface area contributed by atoms with Crippen LogP contribution in [0.1, 0.15) is 97.3 Å². The Balaban J connectivity index is 2.39. The molecule has 0 radical (unpaired) electrons. The summed E-state index contributed by atoms with van der Waals surface area (Å²) in [5.74, 6) is -0.261. The number of carbonyl (C=O) groups is 2. The van der Waals surface area contributed by atoms with Gasteiger partial charge in [0.15, 0.2) is 0 Å². The average Bonchev–Trinajstić information content (AvgIpc) is 2.58. The Morgan fingerprint density at radius 1 is 0.958 bits per heavy atom. The highest BCUT2D eigenvalue weighted by Crippen LogP contribution is 2.24. The maximum Gasteiger partial charge on any atom is 0.309 e. The van der Waals surface area contributed by atoms with Gasteiger partial charge in [0.2, 0.25) is 0 Å². The molecule has 0 saturated heterocycles. The van der Waals surface area contributed by atoms with Crippen molar-refractivity contribution in [1.29, 1.82) is 0 Å². The highest BCUT2D eigenvalue weighted by atomic mass is 16.5. The molecule has 1 rings (SSSR count). The first-order valence-corrected chi connectivity index (χ1v) is 10.0. The van der Waals surface area contributed by atoms with Gasteiger partial charge in [0, 0.05) is 6.42 Å². The van der Waals surface area contributed by atoms with E-state index in [1.54, 1.807) is 0 Å². The molecule has 0 aromatic rings. The summed E-state index contributed by atoms with van der Waals surface area (Å²) < 4.78 is 10.7. The number of hydrogen-bond acceptors (Lipinski definition) is 4. The minimum absolute atomic E-state index is 0.0396. The first-order valence-electron chi connectivity index (χ1n) is 10.0. The molecule has 0 amide bonds. The van der Waals surface area contributed by atoms with Crippen LogP contribution in [0.25, 0.3) is 0 Å². The van der Waals surface area contributed by atoms with Crippen molar-refractivity contribution in [3.05, 3.63) is 0 Å². The molecule has 0 N–H and O–H groups in total. The van der Waals surface area contributed by atoms with Gasteiger partial charge in [0.05, 0.1) is 12.5 Å². The van der Waals surface area contributed by atoms with Crippen LogP contribution in [0, 0.1) is 5.92 Å². The predicted octanol–water partition coefficient (Wildman–Crippen LogP) is 5.18. The van der Waals surface area contributed by atoms with Crippen LogP contribution in [-0.2, 0) is 19.1 Å². The van der Waals surface area contributed by atoms with Gasteiger partial charge in [-0.25, -0.2) is 0 Å². The van der Waals surface area contributed by atoms with E-state index in [1.165, 1.54) is 38.5 Å². The predicted molar refractivity (Wildman–Crippen MR) is 95.7 cm³/mol. The SMILES string of the molecule is CCCCCCC(CCCC(=O)OCC)C(=O)OC1CCCCC1. The molecule has 1 saturated carbocycles. The van der Waals surface area contributed by atoms with Crippen molar-refractivity contribution in [1.82, 2.24) is 0 Å². The maximum atomic E-state index is 12.5. The van der Waals surface area contributed by atoms with Crippen molar-refractivity contribution >= 4 is 11.9 Å². The van der Waals surface area contributed by atoms with Gasteiger partial charge in [0.25, 0.3) is 0 Å². The molecule has 1 atom stereocenters. The van der Waals surface area contributed by atoms with Crippen molar-refractivity contribution in [2.45, 2.75) is 103 Å². The van der Waals surface area contributed by atoms with Crippen molar-refractivity contribution in [2.24, 2.45) is 5.92 Å². The van der Waals surface area contributed by atoms with Gasteiger partial charge in [-0.2, -0.15) is 0 Å². The summed E-state index contributed by atoms with van der Waals surface area (Å²) in [5.41, 5.74) is 0. The second-order valence-electron chi connectivity index (χ2n) is 6.94. The van der Waals surface area contributed by atoms with E-state index in [1.807, 2.05) is 6.92 Å². The number of unbranched alkanes of at least 4 members (excludes halogenated alkanes) is 3. The molecule has 0 spiro atoms. The molecule has 0 aliphatic heterocycles. The van der Waals surface area contributed by atoms with Crippen molar-refractivity contribution < 1.29 is 19.1 Å². The number of hydrogen-bond donors (Lipinski definition) is 0. The fourth-order valence-electron chi connectivity index (χ4n) is 3.37. The van der Waals surface area contributed by atoms with Gasteiger partial charge in [-0.15, -0.1) is 0 Å². The Bertz CT molecular complexity index is 348. The lowest BCUT2D eigenvalue weighted by atomic mass is 9.94. The number of rotatable bonds is 12. The third-order valence-electron chi connectivity index (χ3n) is 4.81. The van der Waals surface area contributed by atoms with E-state index in [2.05, 4.69) is 6.92 Å². The molecular formula is C20H36O4. The lowest BCUT2D eigenvalue weighted by molar-refractivity contribution is -0.156. The summed E-state index contributed by atoms with van der Waals surface area (Å²) in [5, 5.41) is 0. The smallest absolute Gasteiger partial charge is 0.309 e. The lowest BCUT2D eigenvalue weighted by Gasteiger charge is -2.24. The first kappa shape index (κ1) is 21.0. The molecule has 0 bridgehead atoms. The summed E-state index contributed by atoms with van der Waals surface area (Å²) in [6.07, 6.45) is 13.1. The van der Waals surface area contributed by atoms with Crippen LogP contribution in [0.2, 0.25) is 0 Å². The standard InChI is InChI=1S/C20H36O4/c1-3-5-6-8-12-17(13-11-16-19(21)23-4-2)20(22)24-18-14-9-7-10-15-18/h17-18H,3-16H2,1-2H3. The molecule has 0 aromatic heterocycles. The molecule has 140 valence electrons. The monoisotopic (exact) mass is 340 g/mol. The van der Waals surface area contributed by atoms with Gasteiger partial charge >= 0.3 is 11.9 Å². The minimum Gasteiger partial charge on any atom is -0.466 e. The Morgan fingerprint density at radius 2 is 1.67 bits per heavy atom. The second kappa shape index (κ2) is 13.3. The van der Waals surface area contributed by atoms with E-state index in [0.717, 1.165) is 32.1 Å². The molecular weight excluding hydrogens is 304 g/mol. The average molecular weight is 341 g/mol.